The molecule has 29 heavy (non-hydrogen) atoms. The zero-order chi connectivity index (χ0) is 20.1. The molecule has 1 unspecified atom stereocenters. The Bertz CT molecular complexity index is 786. The van der Waals surface area contributed by atoms with Crippen molar-refractivity contribution in [1.29, 1.82) is 0 Å². The van der Waals surface area contributed by atoms with Crippen LogP contribution >= 0.6 is 0 Å². The molecule has 1 aliphatic heterocycles. The number of aliphatic hydroxyl groups excluding tert-OH is 1. The van der Waals surface area contributed by atoms with E-state index < -0.39 is 0 Å². The molecule has 0 bridgehead atoms. The van der Waals surface area contributed by atoms with E-state index in [2.05, 4.69) is 40.6 Å². The van der Waals surface area contributed by atoms with Crippen LogP contribution in [0.4, 0.5) is 5.82 Å². The third-order valence-corrected chi connectivity index (χ3v) is 6.35. The Morgan fingerprint density at radius 3 is 2.48 bits per heavy atom. The van der Waals surface area contributed by atoms with Crippen LogP contribution in [0, 0.1) is 0 Å². The molecule has 5 nitrogen and oxygen atoms in total. The summed E-state index contributed by atoms with van der Waals surface area (Å²) in [7, 11) is 0. The van der Waals surface area contributed by atoms with Crippen LogP contribution < -0.4 is 5.32 Å². The van der Waals surface area contributed by atoms with Crippen LogP contribution in [0.3, 0.4) is 0 Å². The fraction of sp³-hybridized carbons (Fsp3) is 0.500. The molecule has 2 heterocycles. The van der Waals surface area contributed by atoms with Gasteiger partial charge in [-0.15, -0.1) is 0 Å². The lowest BCUT2D eigenvalue weighted by atomic mass is 9.92. The van der Waals surface area contributed by atoms with Crippen molar-refractivity contribution in [2.75, 3.05) is 18.4 Å². The number of nitrogens with one attached hydrogen (secondary N) is 1. The first kappa shape index (κ1) is 19.9. The highest BCUT2D eigenvalue weighted by Crippen LogP contribution is 2.28. The number of hydrogen-bond donors (Lipinski definition) is 2. The highest BCUT2D eigenvalue weighted by Gasteiger charge is 2.23. The summed E-state index contributed by atoms with van der Waals surface area (Å²) >= 11 is 0. The lowest BCUT2D eigenvalue weighted by Crippen LogP contribution is -2.32. The lowest BCUT2D eigenvalue weighted by Gasteiger charge is -2.26. The minimum absolute atomic E-state index is 0.0820. The second-order valence-electron chi connectivity index (χ2n) is 8.41. The molecule has 0 spiro atoms. The molecule has 1 atom stereocenters. The van der Waals surface area contributed by atoms with E-state index in [1.807, 2.05) is 17.0 Å². The molecule has 1 amide bonds. The molecule has 2 aliphatic rings. The van der Waals surface area contributed by atoms with Crippen molar-refractivity contribution in [2.24, 2.45) is 0 Å². The topological polar surface area (TPSA) is 65.5 Å². The van der Waals surface area contributed by atoms with Crippen LogP contribution in [0.25, 0.3) is 0 Å². The van der Waals surface area contributed by atoms with Crippen molar-refractivity contribution in [3.05, 3.63) is 59.8 Å². The van der Waals surface area contributed by atoms with Crippen LogP contribution in [-0.2, 0) is 0 Å². The number of hydrogen-bond acceptors (Lipinski definition) is 4. The first-order valence-electron chi connectivity index (χ1n) is 10.9. The molecular formula is C24H31N3O2. The van der Waals surface area contributed by atoms with E-state index in [0.29, 0.717) is 17.5 Å². The van der Waals surface area contributed by atoms with Crippen LogP contribution in [0.2, 0.25) is 0 Å². The molecule has 0 radical (unpaired) electrons. The molecule has 1 saturated heterocycles. The van der Waals surface area contributed by atoms with E-state index >= 15 is 0 Å². The number of carbonyl (C=O) groups is 1. The normalized spacial score (nSPS) is 25.3. The minimum Gasteiger partial charge on any atom is -0.393 e. The van der Waals surface area contributed by atoms with Gasteiger partial charge in [-0.25, -0.2) is 4.98 Å². The van der Waals surface area contributed by atoms with Gasteiger partial charge in [-0.3, -0.25) is 4.79 Å². The van der Waals surface area contributed by atoms with Gasteiger partial charge in [-0.1, -0.05) is 30.3 Å². The number of anilines is 1. The summed E-state index contributed by atoms with van der Waals surface area (Å²) in [4.78, 5) is 19.4. The van der Waals surface area contributed by atoms with Gasteiger partial charge < -0.3 is 15.3 Å². The number of aromatic nitrogens is 1. The second kappa shape index (κ2) is 9.40. The minimum atomic E-state index is -0.156. The Labute approximate surface area is 173 Å². The lowest BCUT2D eigenvalue weighted by molar-refractivity contribution is 0.0760. The molecule has 1 aromatic heterocycles. The van der Waals surface area contributed by atoms with E-state index in [0.717, 1.165) is 63.9 Å². The first-order chi connectivity index (χ1) is 14.2. The number of nitrogens with zero attached hydrogens (tertiary/aromatic N) is 2. The summed E-state index contributed by atoms with van der Waals surface area (Å²) in [5.41, 5.74) is 2.04. The van der Waals surface area contributed by atoms with E-state index in [1.165, 1.54) is 5.56 Å². The van der Waals surface area contributed by atoms with Gasteiger partial charge in [0, 0.05) is 25.3 Å². The molecule has 2 aromatic rings. The molecule has 1 aliphatic carbocycles. The molecule has 2 N–H and O–H groups in total. The molecule has 5 heteroatoms. The van der Waals surface area contributed by atoms with Gasteiger partial charge in [0.2, 0.25) is 0 Å². The third kappa shape index (κ3) is 5.15. The Kier molecular flexibility index (Phi) is 6.45. The standard InChI is InChI=1S/C24H31N3O2/c28-22-11-9-21(10-12-22)26-23-13-8-20(17-25-23)24(29)27-15-4-7-19(14-16-27)18-5-2-1-3-6-18/h1-3,5-6,8,13,17,19,21-22,28H,4,7,9-12,14-16H2,(H,25,26). The molecular weight excluding hydrogens is 362 g/mol. The van der Waals surface area contributed by atoms with Crippen molar-refractivity contribution >= 4 is 11.7 Å². The summed E-state index contributed by atoms with van der Waals surface area (Å²) in [6.07, 6.45) is 8.31. The van der Waals surface area contributed by atoms with Gasteiger partial charge in [-0.05, 0) is 68.6 Å². The average molecular weight is 394 g/mol. The summed E-state index contributed by atoms with van der Waals surface area (Å²) in [6.45, 7) is 1.61. The number of amides is 1. The third-order valence-electron chi connectivity index (χ3n) is 6.35. The van der Waals surface area contributed by atoms with Crippen molar-refractivity contribution in [2.45, 2.75) is 63.0 Å². The largest absolute Gasteiger partial charge is 0.393 e. The summed E-state index contributed by atoms with van der Waals surface area (Å²) in [5, 5.41) is 13.1. The number of aliphatic hydroxyl groups is 1. The van der Waals surface area contributed by atoms with Gasteiger partial charge in [0.15, 0.2) is 0 Å². The molecule has 2 fully saturated rings. The molecule has 4 rings (SSSR count). The number of pyridine rings is 1. The van der Waals surface area contributed by atoms with Gasteiger partial charge in [0.1, 0.15) is 5.82 Å². The van der Waals surface area contributed by atoms with Crippen LogP contribution in [0.5, 0.6) is 0 Å². The van der Waals surface area contributed by atoms with Gasteiger partial charge in [0.05, 0.1) is 11.7 Å². The van der Waals surface area contributed by atoms with Crippen LogP contribution in [0.15, 0.2) is 48.7 Å². The predicted octanol–water partition coefficient (Wildman–Crippen LogP) is 4.21. The fourth-order valence-corrected chi connectivity index (χ4v) is 4.58. The van der Waals surface area contributed by atoms with E-state index in [1.54, 1.807) is 6.20 Å². The maximum atomic E-state index is 13.0. The fourth-order valence-electron chi connectivity index (χ4n) is 4.58. The molecule has 154 valence electrons. The smallest absolute Gasteiger partial charge is 0.255 e. The monoisotopic (exact) mass is 393 g/mol. The zero-order valence-corrected chi connectivity index (χ0v) is 17.0. The Hall–Kier alpha value is -2.40. The van der Waals surface area contributed by atoms with E-state index in [9.17, 15) is 9.90 Å². The maximum Gasteiger partial charge on any atom is 0.255 e. The first-order valence-corrected chi connectivity index (χ1v) is 10.9. The number of rotatable bonds is 4. The quantitative estimate of drug-likeness (QED) is 0.817. The van der Waals surface area contributed by atoms with Crippen molar-refractivity contribution < 1.29 is 9.90 Å². The summed E-state index contributed by atoms with van der Waals surface area (Å²) in [6, 6.07) is 14.8. The predicted molar refractivity (Wildman–Crippen MR) is 115 cm³/mol. The van der Waals surface area contributed by atoms with Crippen molar-refractivity contribution in [1.82, 2.24) is 9.88 Å². The van der Waals surface area contributed by atoms with Crippen molar-refractivity contribution in [3.63, 3.8) is 0 Å². The van der Waals surface area contributed by atoms with Gasteiger partial charge in [0.25, 0.3) is 5.91 Å². The molecule has 1 saturated carbocycles. The summed E-state index contributed by atoms with van der Waals surface area (Å²) in [5.74, 6) is 1.43. The van der Waals surface area contributed by atoms with E-state index in [4.69, 9.17) is 0 Å². The Balaban J connectivity index is 1.33. The SMILES string of the molecule is O=C(c1ccc(NC2CCC(O)CC2)nc1)N1CCCC(c2ccccc2)CC1. The second-order valence-corrected chi connectivity index (χ2v) is 8.41. The van der Waals surface area contributed by atoms with Crippen LogP contribution in [0.1, 0.15) is 66.8 Å². The Morgan fingerprint density at radius 1 is 0.966 bits per heavy atom. The maximum absolute atomic E-state index is 13.0. The van der Waals surface area contributed by atoms with E-state index in [-0.39, 0.29) is 12.0 Å². The molecule has 1 aromatic carbocycles. The van der Waals surface area contributed by atoms with Crippen LogP contribution in [-0.4, -0.2) is 46.1 Å². The Morgan fingerprint density at radius 2 is 1.76 bits per heavy atom. The van der Waals surface area contributed by atoms with Crippen molar-refractivity contribution in [3.8, 4) is 0 Å². The summed E-state index contributed by atoms with van der Waals surface area (Å²) < 4.78 is 0. The number of carbonyl (C=O) groups excluding carboxylic acids is 1. The number of likely N-dealkylation sites (tertiary alicyclic amines) is 1. The average Bonchev–Trinajstić information content (AvgIpc) is 3.02. The highest BCUT2D eigenvalue weighted by molar-refractivity contribution is 5.94. The highest BCUT2D eigenvalue weighted by atomic mass is 16.3. The zero-order valence-electron chi connectivity index (χ0n) is 17.0. The van der Waals surface area contributed by atoms with Gasteiger partial charge >= 0.3 is 0 Å². The van der Waals surface area contributed by atoms with Gasteiger partial charge in [-0.2, -0.15) is 0 Å². The number of benzene rings is 1.